The third-order valence-corrected chi connectivity index (χ3v) is 4.12. The number of benzene rings is 1. The number of hydrogen-bond acceptors (Lipinski definition) is 3. The van der Waals surface area contributed by atoms with Crippen LogP contribution < -0.4 is 15.5 Å². The van der Waals surface area contributed by atoms with E-state index in [-0.39, 0.29) is 17.7 Å². The van der Waals surface area contributed by atoms with E-state index in [0.29, 0.717) is 17.8 Å². The zero-order valence-corrected chi connectivity index (χ0v) is 14.9. The van der Waals surface area contributed by atoms with Gasteiger partial charge in [-0.05, 0) is 30.4 Å². The summed E-state index contributed by atoms with van der Waals surface area (Å²) in [5, 5.41) is 14.8. The molecule has 0 spiro atoms. The van der Waals surface area contributed by atoms with Crippen molar-refractivity contribution in [3.8, 4) is 0 Å². The number of carbonyl (C=O) groups is 3. The van der Waals surface area contributed by atoms with Gasteiger partial charge in [0.15, 0.2) is 0 Å². The maximum absolute atomic E-state index is 12.9. The van der Waals surface area contributed by atoms with Crippen LogP contribution in [-0.2, 0) is 9.59 Å². The fourth-order valence-electron chi connectivity index (χ4n) is 3.01. The summed E-state index contributed by atoms with van der Waals surface area (Å²) >= 11 is 0. The molecule has 7 heteroatoms. The molecule has 3 amide bonds. The van der Waals surface area contributed by atoms with Crippen LogP contribution in [0.15, 0.2) is 24.3 Å². The lowest BCUT2D eigenvalue weighted by atomic mass is 9.97. The molecular weight excluding hydrogens is 322 g/mol. The van der Waals surface area contributed by atoms with Crippen molar-refractivity contribution in [2.24, 2.45) is 11.8 Å². The van der Waals surface area contributed by atoms with Gasteiger partial charge in [-0.2, -0.15) is 0 Å². The quantitative estimate of drug-likeness (QED) is 0.762. The number of carboxylic acid groups (broad SMARTS) is 1. The number of anilines is 2. The van der Waals surface area contributed by atoms with Gasteiger partial charge in [-0.15, -0.1) is 0 Å². The van der Waals surface area contributed by atoms with E-state index in [1.54, 1.807) is 24.3 Å². The van der Waals surface area contributed by atoms with Gasteiger partial charge >= 0.3 is 12.0 Å². The van der Waals surface area contributed by atoms with Crippen molar-refractivity contribution in [2.45, 2.75) is 46.2 Å². The van der Waals surface area contributed by atoms with Gasteiger partial charge in [0.05, 0.1) is 11.4 Å². The number of aliphatic carboxylic acids is 1. The van der Waals surface area contributed by atoms with Crippen LogP contribution in [0.3, 0.4) is 0 Å². The van der Waals surface area contributed by atoms with E-state index in [0.717, 1.165) is 0 Å². The molecule has 0 unspecified atom stereocenters. The summed E-state index contributed by atoms with van der Waals surface area (Å²) in [6.45, 7) is 7.48. The number of urea groups is 1. The third-order valence-electron chi connectivity index (χ3n) is 4.12. The van der Waals surface area contributed by atoms with Gasteiger partial charge in [0.1, 0.15) is 12.1 Å². The van der Waals surface area contributed by atoms with Crippen molar-refractivity contribution < 1.29 is 19.5 Å². The SMILES string of the molecule is CC(C)C[C@@H](NC(=O)N1c2ccccc2NC(=O)[C@@H]1C(C)C)C(=O)O. The summed E-state index contributed by atoms with van der Waals surface area (Å²) in [5.41, 5.74) is 1.10. The number of nitrogens with one attached hydrogen (secondary N) is 2. The Morgan fingerprint density at radius 2 is 1.88 bits per heavy atom. The second-order valence-electron chi connectivity index (χ2n) is 7.04. The zero-order chi connectivity index (χ0) is 18.7. The number of nitrogens with zero attached hydrogens (tertiary/aromatic N) is 1. The smallest absolute Gasteiger partial charge is 0.326 e. The molecule has 0 saturated heterocycles. The van der Waals surface area contributed by atoms with E-state index in [9.17, 15) is 19.5 Å². The largest absolute Gasteiger partial charge is 0.480 e. The van der Waals surface area contributed by atoms with Gasteiger partial charge in [0.2, 0.25) is 5.91 Å². The van der Waals surface area contributed by atoms with E-state index < -0.39 is 24.1 Å². The number of para-hydroxylation sites is 2. The average Bonchev–Trinajstić information content (AvgIpc) is 2.51. The maximum Gasteiger partial charge on any atom is 0.326 e. The third kappa shape index (κ3) is 4.10. The van der Waals surface area contributed by atoms with Crippen LogP contribution in [0.5, 0.6) is 0 Å². The van der Waals surface area contributed by atoms with Crippen molar-refractivity contribution in [3.05, 3.63) is 24.3 Å². The van der Waals surface area contributed by atoms with E-state index in [4.69, 9.17) is 0 Å². The number of hydrogen-bond donors (Lipinski definition) is 3. The van der Waals surface area contributed by atoms with Crippen LogP contribution in [-0.4, -0.2) is 35.1 Å². The van der Waals surface area contributed by atoms with Gasteiger partial charge in [0.25, 0.3) is 0 Å². The Labute approximate surface area is 147 Å². The lowest BCUT2D eigenvalue weighted by Gasteiger charge is -2.38. The number of amides is 3. The highest BCUT2D eigenvalue weighted by atomic mass is 16.4. The van der Waals surface area contributed by atoms with Gasteiger partial charge in [-0.3, -0.25) is 9.69 Å². The minimum absolute atomic E-state index is 0.110. The molecule has 25 heavy (non-hydrogen) atoms. The molecule has 136 valence electrons. The normalized spacial score (nSPS) is 17.9. The molecule has 1 aromatic carbocycles. The van der Waals surface area contributed by atoms with Crippen LogP contribution in [0.2, 0.25) is 0 Å². The minimum atomic E-state index is -1.09. The molecule has 1 heterocycles. The molecule has 0 aromatic heterocycles. The Bertz CT molecular complexity index is 672. The van der Waals surface area contributed by atoms with Crippen LogP contribution in [0, 0.1) is 11.8 Å². The predicted octanol–water partition coefficient (Wildman–Crippen LogP) is 2.68. The molecule has 0 radical (unpaired) electrons. The summed E-state index contributed by atoms with van der Waals surface area (Å²) in [5.74, 6) is -1.39. The molecule has 3 N–H and O–H groups in total. The fourth-order valence-corrected chi connectivity index (χ4v) is 3.01. The van der Waals surface area contributed by atoms with Gasteiger partial charge in [-0.1, -0.05) is 39.8 Å². The predicted molar refractivity (Wildman–Crippen MR) is 95.6 cm³/mol. The van der Waals surface area contributed by atoms with Crippen molar-refractivity contribution in [3.63, 3.8) is 0 Å². The molecule has 2 rings (SSSR count). The summed E-state index contributed by atoms with van der Waals surface area (Å²) in [6, 6.07) is 4.71. The van der Waals surface area contributed by atoms with Crippen molar-refractivity contribution in [2.75, 3.05) is 10.2 Å². The topological polar surface area (TPSA) is 98.7 Å². The van der Waals surface area contributed by atoms with E-state index in [1.165, 1.54) is 4.90 Å². The zero-order valence-electron chi connectivity index (χ0n) is 14.9. The molecule has 7 nitrogen and oxygen atoms in total. The minimum Gasteiger partial charge on any atom is -0.480 e. The van der Waals surface area contributed by atoms with Gasteiger partial charge < -0.3 is 15.7 Å². The summed E-state index contributed by atoms with van der Waals surface area (Å²) in [4.78, 5) is 38.2. The Kier molecular flexibility index (Phi) is 5.66. The van der Waals surface area contributed by atoms with E-state index in [1.807, 2.05) is 27.7 Å². The second kappa shape index (κ2) is 7.55. The van der Waals surface area contributed by atoms with E-state index in [2.05, 4.69) is 10.6 Å². The number of carbonyl (C=O) groups excluding carboxylic acids is 2. The second-order valence-corrected chi connectivity index (χ2v) is 7.04. The van der Waals surface area contributed by atoms with Crippen LogP contribution >= 0.6 is 0 Å². The van der Waals surface area contributed by atoms with Crippen LogP contribution in [0.4, 0.5) is 16.2 Å². The molecule has 0 bridgehead atoms. The van der Waals surface area contributed by atoms with Crippen molar-refractivity contribution in [1.82, 2.24) is 5.32 Å². The highest BCUT2D eigenvalue weighted by Crippen LogP contribution is 2.34. The molecule has 0 saturated carbocycles. The first kappa shape index (κ1) is 18.8. The standard InChI is InChI=1S/C18H25N3O4/c1-10(2)9-13(17(23)24)20-18(25)21-14-8-6-5-7-12(14)19-16(22)15(21)11(3)4/h5-8,10-11,13,15H,9H2,1-4H3,(H,19,22)(H,20,25)(H,23,24)/t13-,15+/m1/s1. The van der Waals surface area contributed by atoms with Crippen LogP contribution in [0.25, 0.3) is 0 Å². The molecule has 1 aliphatic rings. The fraction of sp³-hybridized carbons (Fsp3) is 0.500. The van der Waals surface area contributed by atoms with Gasteiger partial charge in [0, 0.05) is 0 Å². The molecule has 1 aromatic rings. The van der Waals surface area contributed by atoms with Crippen molar-refractivity contribution in [1.29, 1.82) is 0 Å². The molecule has 0 fully saturated rings. The van der Waals surface area contributed by atoms with Crippen molar-refractivity contribution >= 4 is 29.3 Å². The number of fused-ring (bicyclic) bond motifs is 1. The first-order valence-corrected chi connectivity index (χ1v) is 8.44. The summed E-state index contributed by atoms with van der Waals surface area (Å²) in [6.07, 6.45) is 0.315. The van der Waals surface area contributed by atoms with Crippen LogP contribution in [0.1, 0.15) is 34.1 Å². The first-order chi connectivity index (χ1) is 11.7. The number of carboxylic acids is 1. The highest BCUT2D eigenvalue weighted by molar-refractivity contribution is 6.12. The maximum atomic E-state index is 12.9. The van der Waals surface area contributed by atoms with Gasteiger partial charge in [-0.25, -0.2) is 9.59 Å². The molecule has 1 aliphatic heterocycles. The van der Waals surface area contributed by atoms with E-state index >= 15 is 0 Å². The Morgan fingerprint density at radius 3 is 2.44 bits per heavy atom. The Hall–Kier alpha value is -2.57. The Morgan fingerprint density at radius 1 is 1.24 bits per heavy atom. The first-order valence-electron chi connectivity index (χ1n) is 8.44. The number of rotatable bonds is 5. The Balaban J connectivity index is 2.36. The summed E-state index contributed by atoms with van der Waals surface area (Å²) < 4.78 is 0. The highest BCUT2D eigenvalue weighted by Gasteiger charge is 2.39. The molecule has 2 atom stereocenters. The molecular formula is C18H25N3O4. The monoisotopic (exact) mass is 347 g/mol. The average molecular weight is 347 g/mol. The lowest BCUT2D eigenvalue weighted by Crippen LogP contribution is -2.58. The lowest BCUT2D eigenvalue weighted by molar-refractivity contribution is -0.139. The molecule has 0 aliphatic carbocycles. The summed E-state index contributed by atoms with van der Waals surface area (Å²) in [7, 11) is 0.